The second-order valence-corrected chi connectivity index (χ2v) is 4.75. The second kappa shape index (κ2) is 7.24. The van der Waals surface area contributed by atoms with Crippen LogP contribution in [0.4, 0.5) is 5.69 Å². The van der Waals surface area contributed by atoms with E-state index in [1.54, 1.807) is 19.5 Å². The summed E-state index contributed by atoms with van der Waals surface area (Å²) in [5.41, 5.74) is 3.13. The molecular formula is C17H19N3O. The number of nitrogens with zero attached hydrogens (tertiary/aromatic N) is 3. The Morgan fingerprint density at radius 1 is 0.905 bits per heavy atom. The normalized spacial score (nSPS) is 11.2. The molecule has 0 radical (unpaired) electrons. The fourth-order valence-corrected chi connectivity index (χ4v) is 1.78. The van der Waals surface area contributed by atoms with E-state index in [0.29, 0.717) is 0 Å². The Morgan fingerprint density at radius 2 is 1.57 bits per heavy atom. The molecule has 0 amide bonds. The monoisotopic (exact) mass is 281 g/mol. The summed E-state index contributed by atoms with van der Waals surface area (Å²) in [4.78, 5) is 2.06. The lowest BCUT2D eigenvalue weighted by molar-refractivity contribution is 0.415. The van der Waals surface area contributed by atoms with Gasteiger partial charge in [-0.3, -0.25) is 0 Å². The minimum atomic E-state index is 0.808. The van der Waals surface area contributed by atoms with Crippen molar-refractivity contribution in [2.45, 2.75) is 0 Å². The van der Waals surface area contributed by atoms with Gasteiger partial charge < -0.3 is 9.64 Å². The minimum Gasteiger partial charge on any atom is -0.497 e. The maximum atomic E-state index is 5.16. The third-order valence-electron chi connectivity index (χ3n) is 2.98. The Hall–Kier alpha value is -2.62. The smallest absolute Gasteiger partial charge is 0.119 e. The van der Waals surface area contributed by atoms with Crippen LogP contribution in [0.2, 0.25) is 0 Å². The lowest BCUT2D eigenvalue weighted by Crippen LogP contribution is -2.08. The number of methoxy groups -OCH3 is 1. The van der Waals surface area contributed by atoms with Crippen LogP contribution in [0.3, 0.4) is 0 Å². The summed E-state index contributed by atoms with van der Waals surface area (Å²) in [5.74, 6) is 0.808. The first-order valence-electron chi connectivity index (χ1n) is 6.67. The summed E-state index contributed by atoms with van der Waals surface area (Å²) in [7, 11) is 5.68. The van der Waals surface area contributed by atoms with Crippen LogP contribution in [0.1, 0.15) is 11.1 Å². The topological polar surface area (TPSA) is 37.2 Å². The van der Waals surface area contributed by atoms with Crippen molar-refractivity contribution in [2.75, 3.05) is 26.1 Å². The molecule has 0 aliphatic carbocycles. The fraction of sp³-hybridized carbons (Fsp3) is 0.176. The van der Waals surface area contributed by atoms with Gasteiger partial charge >= 0.3 is 0 Å². The molecule has 0 aliphatic heterocycles. The van der Waals surface area contributed by atoms with Crippen molar-refractivity contribution in [1.82, 2.24) is 0 Å². The quantitative estimate of drug-likeness (QED) is 0.623. The van der Waals surface area contributed by atoms with Crippen molar-refractivity contribution in [2.24, 2.45) is 10.2 Å². The molecule has 21 heavy (non-hydrogen) atoms. The highest BCUT2D eigenvalue weighted by Gasteiger charge is 1.94. The number of hydrogen-bond acceptors (Lipinski definition) is 4. The van der Waals surface area contributed by atoms with Crippen LogP contribution in [0.5, 0.6) is 5.75 Å². The van der Waals surface area contributed by atoms with Gasteiger partial charge in [-0.1, -0.05) is 24.3 Å². The zero-order valence-electron chi connectivity index (χ0n) is 12.5. The molecule has 108 valence electrons. The third kappa shape index (κ3) is 4.45. The molecule has 0 bridgehead atoms. The molecule has 0 unspecified atom stereocenters. The maximum absolute atomic E-state index is 5.16. The molecule has 0 saturated carbocycles. The number of benzene rings is 2. The van der Waals surface area contributed by atoms with Crippen molar-refractivity contribution in [3.05, 3.63) is 59.7 Å². The molecule has 0 fully saturated rings. The Labute approximate surface area is 125 Å². The van der Waals surface area contributed by atoms with Crippen molar-refractivity contribution < 1.29 is 4.74 Å². The number of rotatable bonds is 5. The predicted octanol–water partition coefficient (Wildman–Crippen LogP) is 3.21. The zero-order chi connectivity index (χ0) is 15.1. The first-order valence-corrected chi connectivity index (χ1v) is 6.67. The van der Waals surface area contributed by atoms with E-state index >= 15 is 0 Å². The Bertz CT molecular complexity index is 631. The summed E-state index contributed by atoms with van der Waals surface area (Å²) in [6.07, 6.45) is 3.43. The van der Waals surface area contributed by atoms with Crippen LogP contribution in [0, 0.1) is 0 Å². The van der Waals surface area contributed by atoms with Crippen LogP contribution in [0.15, 0.2) is 58.7 Å². The van der Waals surface area contributed by atoms with E-state index in [2.05, 4.69) is 15.1 Å². The summed E-state index contributed by atoms with van der Waals surface area (Å²) >= 11 is 0. The molecular weight excluding hydrogens is 262 g/mol. The van der Waals surface area contributed by atoms with Crippen molar-refractivity contribution in [1.29, 1.82) is 0 Å². The summed E-state index contributed by atoms with van der Waals surface area (Å²) in [6.45, 7) is 0. The molecule has 0 N–H and O–H groups in total. The molecule has 0 saturated heterocycles. The SMILES string of the molecule is COc1cccc(/C=N/N=C/c2ccc(N(C)C)cc2)c1. The average molecular weight is 281 g/mol. The van der Waals surface area contributed by atoms with Gasteiger partial charge in [-0.2, -0.15) is 10.2 Å². The van der Waals surface area contributed by atoms with E-state index in [1.807, 2.05) is 62.6 Å². The van der Waals surface area contributed by atoms with Crippen LogP contribution in [-0.4, -0.2) is 33.6 Å². The second-order valence-electron chi connectivity index (χ2n) is 4.75. The van der Waals surface area contributed by atoms with Gasteiger partial charge in [-0.05, 0) is 35.4 Å². The van der Waals surface area contributed by atoms with Crippen molar-refractivity contribution >= 4 is 18.1 Å². The first-order chi connectivity index (χ1) is 10.2. The molecule has 2 aromatic carbocycles. The summed E-state index contributed by atoms with van der Waals surface area (Å²) < 4.78 is 5.16. The lowest BCUT2D eigenvalue weighted by atomic mass is 10.2. The molecule has 0 aliphatic rings. The van der Waals surface area contributed by atoms with Crippen LogP contribution < -0.4 is 9.64 Å². The summed E-state index contributed by atoms with van der Waals surface area (Å²) in [6, 6.07) is 15.8. The molecule has 2 aromatic rings. The van der Waals surface area contributed by atoms with Gasteiger partial charge in [0.2, 0.25) is 0 Å². The molecule has 4 nitrogen and oxygen atoms in total. The van der Waals surface area contributed by atoms with E-state index in [0.717, 1.165) is 22.6 Å². The van der Waals surface area contributed by atoms with E-state index < -0.39 is 0 Å². The number of anilines is 1. The number of hydrogen-bond donors (Lipinski definition) is 0. The van der Waals surface area contributed by atoms with Gasteiger partial charge in [0.05, 0.1) is 19.5 Å². The molecule has 2 rings (SSSR count). The van der Waals surface area contributed by atoms with Crippen LogP contribution in [0.25, 0.3) is 0 Å². The van der Waals surface area contributed by atoms with Gasteiger partial charge in [-0.25, -0.2) is 0 Å². The molecule has 0 spiro atoms. The van der Waals surface area contributed by atoms with Gasteiger partial charge in [0.25, 0.3) is 0 Å². The van der Waals surface area contributed by atoms with Crippen LogP contribution in [-0.2, 0) is 0 Å². The highest BCUT2D eigenvalue weighted by Crippen LogP contribution is 2.12. The Kier molecular flexibility index (Phi) is 5.10. The van der Waals surface area contributed by atoms with Gasteiger partial charge in [0.1, 0.15) is 5.75 Å². The minimum absolute atomic E-state index is 0.808. The van der Waals surface area contributed by atoms with Gasteiger partial charge in [0, 0.05) is 19.8 Å². The molecule has 0 heterocycles. The van der Waals surface area contributed by atoms with Gasteiger partial charge in [-0.15, -0.1) is 0 Å². The largest absolute Gasteiger partial charge is 0.497 e. The predicted molar refractivity (Wildman–Crippen MR) is 89.0 cm³/mol. The number of ether oxygens (including phenoxy) is 1. The molecule has 0 aromatic heterocycles. The lowest BCUT2D eigenvalue weighted by Gasteiger charge is -2.11. The van der Waals surface area contributed by atoms with Crippen molar-refractivity contribution in [3.8, 4) is 5.75 Å². The Morgan fingerprint density at radius 3 is 2.19 bits per heavy atom. The third-order valence-corrected chi connectivity index (χ3v) is 2.98. The van der Waals surface area contributed by atoms with E-state index in [4.69, 9.17) is 4.74 Å². The first kappa shape index (κ1) is 14.8. The van der Waals surface area contributed by atoms with E-state index in [1.165, 1.54) is 0 Å². The van der Waals surface area contributed by atoms with Gasteiger partial charge in [0.15, 0.2) is 0 Å². The summed E-state index contributed by atoms with van der Waals surface area (Å²) in [5, 5.41) is 8.11. The van der Waals surface area contributed by atoms with E-state index in [9.17, 15) is 0 Å². The average Bonchev–Trinajstić information content (AvgIpc) is 2.52. The van der Waals surface area contributed by atoms with Crippen molar-refractivity contribution in [3.63, 3.8) is 0 Å². The van der Waals surface area contributed by atoms with E-state index in [-0.39, 0.29) is 0 Å². The molecule has 4 heteroatoms. The molecule has 0 atom stereocenters. The fourth-order valence-electron chi connectivity index (χ4n) is 1.78. The zero-order valence-corrected chi connectivity index (χ0v) is 12.5. The maximum Gasteiger partial charge on any atom is 0.119 e. The standard InChI is InChI=1S/C17H19N3O/c1-20(2)16-9-7-14(8-10-16)12-18-19-13-15-5-4-6-17(11-15)21-3/h4-13H,1-3H3/b18-12+,19-13+. The highest BCUT2D eigenvalue weighted by atomic mass is 16.5. The van der Waals surface area contributed by atoms with Crippen LogP contribution >= 0.6 is 0 Å². The highest BCUT2D eigenvalue weighted by molar-refractivity contribution is 5.83. The Balaban J connectivity index is 1.99.